The Morgan fingerprint density at radius 2 is 1.70 bits per heavy atom. The Hall–Kier alpha value is -4.99. The molecule has 0 aliphatic heterocycles. The van der Waals surface area contributed by atoms with E-state index in [4.69, 9.17) is 9.15 Å². The van der Waals surface area contributed by atoms with Crippen LogP contribution < -0.4 is 10.2 Å². The second-order valence-electron chi connectivity index (χ2n) is 9.05. The Kier molecular flexibility index (Phi) is 7.33. The zero-order valence-corrected chi connectivity index (χ0v) is 21.6. The van der Waals surface area contributed by atoms with Gasteiger partial charge in [-0.3, -0.25) is 4.79 Å². The highest BCUT2D eigenvalue weighted by Gasteiger charge is 2.30. The first-order valence-corrected chi connectivity index (χ1v) is 12.3. The summed E-state index contributed by atoms with van der Waals surface area (Å²) >= 11 is 0. The number of alkyl halides is 3. The third-order valence-electron chi connectivity index (χ3n) is 6.23. The molecule has 3 heterocycles. The lowest BCUT2D eigenvalue weighted by Crippen LogP contribution is -2.17. The lowest BCUT2D eigenvalue weighted by Gasteiger charge is -2.11. The molecule has 0 radical (unpaired) electrons. The highest BCUT2D eigenvalue weighted by molar-refractivity contribution is 5.92. The molecule has 2 aromatic carbocycles. The summed E-state index contributed by atoms with van der Waals surface area (Å²) in [7, 11) is 0. The van der Waals surface area contributed by atoms with Gasteiger partial charge in [0.25, 0.3) is 0 Å². The third-order valence-corrected chi connectivity index (χ3v) is 6.23. The van der Waals surface area contributed by atoms with Crippen molar-refractivity contribution < 1.29 is 27.1 Å². The molecule has 0 spiro atoms. The van der Waals surface area contributed by atoms with E-state index in [1.165, 1.54) is 22.9 Å². The van der Waals surface area contributed by atoms with E-state index < -0.39 is 17.6 Å². The molecule has 0 saturated carbocycles. The van der Waals surface area contributed by atoms with Crippen LogP contribution in [0.4, 0.5) is 13.2 Å². The van der Waals surface area contributed by atoms with Gasteiger partial charge in [-0.25, -0.2) is 5.43 Å². The summed E-state index contributed by atoms with van der Waals surface area (Å²) < 4.78 is 54.3. The lowest BCUT2D eigenvalue weighted by atomic mass is 10.2. The second kappa shape index (κ2) is 11.0. The first-order valence-electron chi connectivity index (χ1n) is 12.3. The van der Waals surface area contributed by atoms with E-state index in [-0.39, 0.29) is 12.4 Å². The van der Waals surface area contributed by atoms with Crippen LogP contribution in [0, 0.1) is 13.8 Å². The average Bonchev–Trinajstić information content (AvgIpc) is 3.68. The smallest absolute Gasteiger partial charge is 0.416 e. The molecule has 40 heavy (non-hydrogen) atoms. The molecule has 0 aliphatic rings. The molecule has 7 nitrogen and oxygen atoms in total. The van der Waals surface area contributed by atoms with Gasteiger partial charge in [0.2, 0.25) is 0 Å². The lowest BCUT2D eigenvalue weighted by molar-refractivity contribution is -0.137. The summed E-state index contributed by atoms with van der Waals surface area (Å²) in [6.07, 6.45) is -1.51. The molecular formula is C30H25F3N4O3. The SMILES string of the molecule is Cc1ccc(C)n1-c1ccc(OCc2ccc(C(=O)N/N=C/c3cccn3-c3cccc(C(F)(F)F)c3)o2)cc1. The number of hydrazone groups is 1. The van der Waals surface area contributed by atoms with Crippen molar-refractivity contribution in [3.8, 4) is 17.1 Å². The molecule has 0 aliphatic carbocycles. The number of aromatic nitrogens is 2. The molecule has 0 unspecified atom stereocenters. The number of ether oxygens (including phenoxy) is 1. The quantitative estimate of drug-likeness (QED) is 0.171. The Labute approximate surface area is 228 Å². The molecule has 0 fully saturated rings. The number of benzene rings is 2. The summed E-state index contributed by atoms with van der Waals surface area (Å²) in [5.74, 6) is 0.565. The van der Waals surface area contributed by atoms with Crippen LogP contribution in [-0.4, -0.2) is 21.3 Å². The Balaban J connectivity index is 1.17. The number of nitrogens with zero attached hydrogens (tertiary/aromatic N) is 3. The number of nitrogens with one attached hydrogen (secondary N) is 1. The minimum atomic E-state index is -4.45. The van der Waals surface area contributed by atoms with Crippen molar-refractivity contribution in [2.24, 2.45) is 5.10 Å². The Morgan fingerprint density at radius 1 is 0.950 bits per heavy atom. The number of rotatable bonds is 8. The van der Waals surface area contributed by atoms with Crippen LogP contribution in [0.2, 0.25) is 0 Å². The number of hydrogen-bond donors (Lipinski definition) is 1. The van der Waals surface area contributed by atoms with Crippen molar-refractivity contribution in [3.63, 3.8) is 0 Å². The number of carbonyl (C=O) groups excluding carboxylic acids is 1. The Bertz CT molecular complexity index is 1640. The summed E-state index contributed by atoms with van der Waals surface area (Å²) in [5.41, 5.74) is 5.71. The highest BCUT2D eigenvalue weighted by Crippen LogP contribution is 2.30. The van der Waals surface area contributed by atoms with E-state index >= 15 is 0 Å². The summed E-state index contributed by atoms with van der Waals surface area (Å²) in [5, 5.41) is 3.93. The zero-order valence-electron chi connectivity index (χ0n) is 21.6. The van der Waals surface area contributed by atoms with E-state index in [1.54, 1.807) is 30.5 Å². The molecule has 5 aromatic rings. The van der Waals surface area contributed by atoms with Crippen LogP contribution in [0.1, 0.15) is 39.0 Å². The summed E-state index contributed by atoms with van der Waals surface area (Å²) in [6.45, 7) is 4.22. The van der Waals surface area contributed by atoms with Gasteiger partial charge >= 0.3 is 12.1 Å². The maximum absolute atomic E-state index is 13.1. The van der Waals surface area contributed by atoms with E-state index in [0.29, 0.717) is 22.9 Å². The summed E-state index contributed by atoms with van der Waals surface area (Å²) in [4.78, 5) is 12.5. The Morgan fingerprint density at radius 3 is 2.42 bits per heavy atom. The van der Waals surface area contributed by atoms with Crippen molar-refractivity contribution >= 4 is 12.1 Å². The zero-order chi connectivity index (χ0) is 28.3. The van der Waals surface area contributed by atoms with Gasteiger partial charge in [0.05, 0.1) is 17.5 Å². The van der Waals surface area contributed by atoms with Gasteiger partial charge in [-0.15, -0.1) is 0 Å². The molecule has 1 amide bonds. The maximum Gasteiger partial charge on any atom is 0.416 e. The highest BCUT2D eigenvalue weighted by atomic mass is 19.4. The van der Waals surface area contributed by atoms with Crippen molar-refractivity contribution in [3.05, 3.63) is 125 Å². The minimum absolute atomic E-state index is 0.0397. The standard InChI is InChI=1S/C30H25F3N4O3/c1-20-8-9-21(2)37(20)23-10-12-26(13-11-23)39-19-27-14-15-28(40-27)29(38)35-34-18-25-7-4-16-36(25)24-6-3-5-22(17-24)30(31,32)33/h3-18H,19H2,1-2H3,(H,35,38)/b34-18+. The number of aryl methyl sites for hydroxylation is 2. The predicted molar refractivity (Wildman–Crippen MR) is 144 cm³/mol. The third kappa shape index (κ3) is 5.85. The predicted octanol–water partition coefficient (Wildman–Crippen LogP) is 6.84. The van der Waals surface area contributed by atoms with Gasteiger partial charge < -0.3 is 18.3 Å². The first kappa shape index (κ1) is 26.6. The number of halogens is 3. The summed E-state index contributed by atoms with van der Waals surface area (Å²) in [6, 6.07) is 23.2. The fraction of sp³-hybridized carbons (Fsp3) is 0.133. The van der Waals surface area contributed by atoms with E-state index in [1.807, 2.05) is 38.1 Å². The van der Waals surface area contributed by atoms with Gasteiger partial charge in [0.1, 0.15) is 18.1 Å². The van der Waals surface area contributed by atoms with E-state index in [9.17, 15) is 18.0 Å². The van der Waals surface area contributed by atoms with Gasteiger partial charge in [-0.1, -0.05) is 6.07 Å². The van der Waals surface area contributed by atoms with Crippen LogP contribution in [0.3, 0.4) is 0 Å². The molecule has 0 atom stereocenters. The van der Waals surface area contributed by atoms with Crippen molar-refractivity contribution in [1.29, 1.82) is 0 Å². The van der Waals surface area contributed by atoms with Gasteiger partial charge in [-0.05, 0) is 92.7 Å². The normalized spacial score (nSPS) is 11.7. The number of carbonyl (C=O) groups is 1. The molecular weight excluding hydrogens is 521 g/mol. The molecule has 1 N–H and O–H groups in total. The van der Waals surface area contributed by atoms with Crippen LogP contribution in [0.5, 0.6) is 5.75 Å². The first-order chi connectivity index (χ1) is 19.2. The van der Waals surface area contributed by atoms with Crippen molar-refractivity contribution in [2.45, 2.75) is 26.6 Å². The number of amides is 1. The van der Waals surface area contributed by atoms with Crippen molar-refractivity contribution in [2.75, 3.05) is 0 Å². The van der Waals surface area contributed by atoms with Gasteiger partial charge in [0, 0.05) is 29.0 Å². The van der Waals surface area contributed by atoms with Crippen LogP contribution in [-0.2, 0) is 12.8 Å². The fourth-order valence-electron chi connectivity index (χ4n) is 4.28. The van der Waals surface area contributed by atoms with Crippen LogP contribution in [0.25, 0.3) is 11.4 Å². The largest absolute Gasteiger partial charge is 0.486 e. The second-order valence-corrected chi connectivity index (χ2v) is 9.05. The van der Waals surface area contributed by atoms with E-state index in [0.717, 1.165) is 29.2 Å². The molecule has 204 valence electrons. The van der Waals surface area contributed by atoms with E-state index in [2.05, 4.69) is 27.2 Å². The molecule has 5 rings (SSSR count). The molecule has 3 aromatic heterocycles. The topological polar surface area (TPSA) is 73.7 Å². The van der Waals surface area contributed by atoms with Crippen LogP contribution >= 0.6 is 0 Å². The van der Waals surface area contributed by atoms with Gasteiger partial charge in [0.15, 0.2) is 5.76 Å². The number of furan rings is 1. The van der Waals surface area contributed by atoms with Crippen LogP contribution in [0.15, 0.2) is 101 Å². The van der Waals surface area contributed by atoms with Crippen molar-refractivity contribution in [1.82, 2.24) is 14.6 Å². The van der Waals surface area contributed by atoms with Gasteiger partial charge in [-0.2, -0.15) is 18.3 Å². The molecule has 10 heteroatoms. The number of hydrogen-bond acceptors (Lipinski definition) is 4. The maximum atomic E-state index is 13.1. The average molecular weight is 547 g/mol. The molecule has 0 saturated heterocycles. The molecule has 0 bridgehead atoms. The fourth-order valence-corrected chi connectivity index (χ4v) is 4.28. The monoisotopic (exact) mass is 546 g/mol. The minimum Gasteiger partial charge on any atom is -0.486 e.